The highest BCUT2D eigenvalue weighted by Gasteiger charge is 2.34. The standard InChI is InChI=1S/C28H29F2N3O3/c1-36-21-8-10-26-22(15-21)27(24(30)16-32-26)25(31)9-7-19-11-13-33(17-23(19)28(34)35)12-3-5-18-4-2-6-20(29)14-18/h2,4,6,8,10,14-16,19,23,25H,7,9,11-13,17,31H2,1H3,(H,34,35). The summed E-state index contributed by atoms with van der Waals surface area (Å²) >= 11 is 0. The minimum absolute atomic E-state index is 0.0772. The van der Waals surface area contributed by atoms with E-state index in [1.165, 1.54) is 18.3 Å². The number of hydrogen-bond donors (Lipinski definition) is 2. The molecule has 3 atom stereocenters. The van der Waals surface area contributed by atoms with Gasteiger partial charge in [-0.25, -0.2) is 8.78 Å². The van der Waals surface area contributed by atoms with Crippen molar-refractivity contribution in [3.63, 3.8) is 0 Å². The number of aromatic nitrogens is 1. The number of benzene rings is 2. The summed E-state index contributed by atoms with van der Waals surface area (Å²) in [6, 6.07) is 10.7. The van der Waals surface area contributed by atoms with Crippen molar-refractivity contribution in [1.29, 1.82) is 0 Å². The van der Waals surface area contributed by atoms with Gasteiger partial charge in [0.2, 0.25) is 0 Å². The van der Waals surface area contributed by atoms with Crippen LogP contribution in [0.4, 0.5) is 8.78 Å². The van der Waals surface area contributed by atoms with Crippen molar-refractivity contribution in [3.8, 4) is 17.6 Å². The zero-order valence-corrected chi connectivity index (χ0v) is 20.1. The van der Waals surface area contributed by atoms with E-state index in [-0.39, 0.29) is 11.7 Å². The fraction of sp³-hybridized carbons (Fsp3) is 0.357. The first kappa shape index (κ1) is 25.5. The molecule has 6 nitrogen and oxygen atoms in total. The molecule has 188 valence electrons. The fourth-order valence-corrected chi connectivity index (χ4v) is 4.87. The molecule has 2 heterocycles. The van der Waals surface area contributed by atoms with Crippen LogP contribution >= 0.6 is 0 Å². The molecule has 1 aliphatic heterocycles. The molecule has 3 N–H and O–H groups in total. The first-order valence-corrected chi connectivity index (χ1v) is 11.9. The lowest BCUT2D eigenvalue weighted by Crippen LogP contribution is -2.44. The van der Waals surface area contributed by atoms with Gasteiger partial charge in [0.1, 0.15) is 17.4 Å². The zero-order valence-electron chi connectivity index (χ0n) is 20.1. The van der Waals surface area contributed by atoms with Crippen molar-refractivity contribution in [3.05, 3.63) is 71.4 Å². The molecule has 4 rings (SSSR count). The summed E-state index contributed by atoms with van der Waals surface area (Å²) in [6.45, 7) is 1.48. The number of pyridine rings is 1. The molecule has 0 bridgehead atoms. The predicted octanol–water partition coefficient (Wildman–Crippen LogP) is 4.38. The lowest BCUT2D eigenvalue weighted by Gasteiger charge is -2.36. The third kappa shape index (κ3) is 5.99. The molecule has 8 heteroatoms. The van der Waals surface area contributed by atoms with Crippen LogP contribution in [0, 0.1) is 35.3 Å². The lowest BCUT2D eigenvalue weighted by molar-refractivity contribution is -0.146. The summed E-state index contributed by atoms with van der Waals surface area (Å²) in [5.74, 6) is 4.20. The third-order valence-corrected chi connectivity index (χ3v) is 6.80. The fourth-order valence-electron chi connectivity index (χ4n) is 4.87. The zero-order chi connectivity index (χ0) is 25.7. The van der Waals surface area contributed by atoms with Crippen LogP contribution in [-0.2, 0) is 4.79 Å². The maximum absolute atomic E-state index is 14.8. The number of methoxy groups -OCH3 is 1. The van der Waals surface area contributed by atoms with Gasteiger partial charge in [-0.15, -0.1) is 0 Å². The van der Waals surface area contributed by atoms with Gasteiger partial charge in [-0.1, -0.05) is 17.9 Å². The summed E-state index contributed by atoms with van der Waals surface area (Å²) in [5.41, 5.74) is 8.02. The van der Waals surface area contributed by atoms with Crippen LogP contribution in [0.3, 0.4) is 0 Å². The molecule has 3 unspecified atom stereocenters. The van der Waals surface area contributed by atoms with E-state index in [0.29, 0.717) is 66.7 Å². The van der Waals surface area contributed by atoms with E-state index in [4.69, 9.17) is 10.5 Å². The van der Waals surface area contributed by atoms with Gasteiger partial charge in [0, 0.05) is 29.1 Å². The summed E-state index contributed by atoms with van der Waals surface area (Å²) in [6.07, 6.45) is 2.86. The van der Waals surface area contributed by atoms with Crippen LogP contribution in [0.25, 0.3) is 10.9 Å². The highest BCUT2D eigenvalue weighted by Crippen LogP contribution is 2.34. The molecule has 0 aliphatic carbocycles. The first-order chi connectivity index (χ1) is 17.4. The molecule has 1 saturated heterocycles. The normalized spacial score (nSPS) is 18.9. The Morgan fingerprint density at radius 1 is 1.31 bits per heavy atom. The van der Waals surface area contributed by atoms with Crippen LogP contribution in [0.15, 0.2) is 48.7 Å². The van der Waals surface area contributed by atoms with Gasteiger partial charge in [0.05, 0.1) is 31.3 Å². The number of likely N-dealkylation sites (tertiary alicyclic amines) is 1. The number of rotatable bonds is 7. The van der Waals surface area contributed by atoms with E-state index in [1.807, 2.05) is 4.90 Å². The number of piperidine rings is 1. The van der Waals surface area contributed by atoms with Gasteiger partial charge >= 0.3 is 5.97 Å². The number of hydrogen-bond acceptors (Lipinski definition) is 5. The number of fused-ring (bicyclic) bond motifs is 1. The minimum Gasteiger partial charge on any atom is -0.497 e. The number of carbonyl (C=O) groups is 1. The van der Waals surface area contributed by atoms with E-state index < -0.39 is 23.7 Å². The van der Waals surface area contributed by atoms with E-state index in [9.17, 15) is 18.7 Å². The Hall–Kier alpha value is -3.54. The van der Waals surface area contributed by atoms with Crippen LogP contribution in [0.2, 0.25) is 0 Å². The Kier molecular flexibility index (Phi) is 8.14. The average Bonchev–Trinajstić information content (AvgIpc) is 2.87. The number of nitrogens with two attached hydrogens (primary N) is 1. The average molecular weight is 494 g/mol. The van der Waals surface area contributed by atoms with Gasteiger partial charge in [-0.3, -0.25) is 14.7 Å². The second kappa shape index (κ2) is 11.5. The Morgan fingerprint density at radius 3 is 2.89 bits per heavy atom. The Balaban J connectivity index is 1.41. The van der Waals surface area contributed by atoms with Crippen LogP contribution < -0.4 is 10.5 Å². The molecule has 1 aliphatic rings. The number of carboxylic acids is 1. The quantitative estimate of drug-likeness (QED) is 0.475. The molecule has 3 aromatic rings. The molecule has 0 amide bonds. The number of aliphatic carboxylic acids is 1. The monoisotopic (exact) mass is 493 g/mol. The lowest BCUT2D eigenvalue weighted by atomic mass is 9.81. The van der Waals surface area contributed by atoms with Crippen molar-refractivity contribution in [2.24, 2.45) is 17.6 Å². The minimum atomic E-state index is -0.860. The predicted molar refractivity (Wildman–Crippen MR) is 133 cm³/mol. The van der Waals surface area contributed by atoms with Gasteiger partial charge in [0.25, 0.3) is 0 Å². The first-order valence-electron chi connectivity index (χ1n) is 11.9. The molecular formula is C28H29F2N3O3. The summed E-state index contributed by atoms with van der Waals surface area (Å²) in [7, 11) is 1.54. The van der Waals surface area contributed by atoms with Crippen molar-refractivity contribution in [2.45, 2.75) is 25.3 Å². The maximum atomic E-state index is 14.8. The Bertz CT molecular complexity index is 1300. The Morgan fingerprint density at radius 2 is 2.14 bits per heavy atom. The number of nitrogens with zero attached hydrogens (tertiary/aromatic N) is 2. The Labute approximate surface area is 209 Å². The van der Waals surface area contributed by atoms with Gasteiger partial charge in [-0.05, 0) is 68.1 Å². The van der Waals surface area contributed by atoms with Gasteiger partial charge in [-0.2, -0.15) is 0 Å². The largest absolute Gasteiger partial charge is 0.497 e. The van der Waals surface area contributed by atoms with Crippen LogP contribution in [0.1, 0.15) is 36.4 Å². The van der Waals surface area contributed by atoms with Crippen molar-refractivity contribution >= 4 is 16.9 Å². The molecule has 0 saturated carbocycles. The van der Waals surface area contributed by atoms with Gasteiger partial charge < -0.3 is 15.6 Å². The second-order valence-electron chi connectivity index (χ2n) is 9.13. The maximum Gasteiger partial charge on any atom is 0.308 e. The van der Waals surface area contributed by atoms with E-state index in [2.05, 4.69) is 16.8 Å². The topological polar surface area (TPSA) is 88.7 Å². The molecule has 0 spiro atoms. The third-order valence-electron chi connectivity index (χ3n) is 6.80. The molecular weight excluding hydrogens is 464 g/mol. The van der Waals surface area contributed by atoms with Crippen molar-refractivity contribution in [1.82, 2.24) is 9.88 Å². The van der Waals surface area contributed by atoms with Crippen LogP contribution in [-0.4, -0.2) is 47.7 Å². The smallest absolute Gasteiger partial charge is 0.308 e. The molecule has 2 aromatic carbocycles. The van der Waals surface area contributed by atoms with Crippen molar-refractivity contribution in [2.75, 3.05) is 26.7 Å². The number of carboxylic acid groups (broad SMARTS) is 1. The summed E-state index contributed by atoms with van der Waals surface area (Å²) in [5, 5.41) is 10.5. The van der Waals surface area contributed by atoms with Crippen molar-refractivity contribution < 1.29 is 23.4 Å². The number of ether oxygens (including phenoxy) is 1. The second-order valence-corrected chi connectivity index (χ2v) is 9.13. The molecule has 1 fully saturated rings. The highest BCUT2D eigenvalue weighted by atomic mass is 19.1. The summed E-state index contributed by atoms with van der Waals surface area (Å²) in [4.78, 5) is 18.2. The molecule has 36 heavy (non-hydrogen) atoms. The van der Waals surface area contributed by atoms with E-state index in [0.717, 1.165) is 0 Å². The van der Waals surface area contributed by atoms with E-state index >= 15 is 0 Å². The number of halogens is 2. The molecule has 1 aromatic heterocycles. The summed E-state index contributed by atoms with van der Waals surface area (Å²) < 4.78 is 33.4. The van der Waals surface area contributed by atoms with Crippen LogP contribution in [0.5, 0.6) is 5.75 Å². The van der Waals surface area contributed by atoms with E-state index in [1.54, 1.807) is 37.4 Å². The highest BCUT2D eigenvalue weighted by molar-refractivity contribution is 5.84. The SMILES string of the molecule is COc1ccc2ncc(F)c(C(N)CCC3CCN(CC#Cc4cccc(F)c4)CC3C(=O)O)c2c1. The van der Waals surface area contributed by atoms with Gasteiger partial charge in [0.15, 0.2) is 0 Å². The molecule has 0 radical (unpaired) electrons.